The Hall–Kier alpha value is -2.54. The van der Waals surface area contributed by atoms with Gasteiger partial charge >= 0.3 is 6.09 Å². The number of nitrogens with one attached hydrogen (secondary N) is 1. The van der Waals surface area contributed by atoms with Crippen LogP contribution in [0, 0.1) is 6.92 Å². The number of carbonyl (C=O) groups is 2. The summed E-state index contributed by atoms with van der Waals surface area (Å²) in [5.74, 6) is -0.271. The van der Waals surface area contributed by atoms with E-state index < -0.39 is 5.60 Å². The van der Waals surface area contributed by atoms with Gasteiger partial charge in [-0.1, -0.05) is 11.6 Å². The molecule has 1 aliphatic heterocycles. The quantitative estimate of drug-likeness (QED) is 0.822. The van der Waals surface area contributed by atoms with Gasteiger partial charge in [0.1, 0.15) is 11.3 Å². The minimum atomic E-state index is -0.571. The lowest BCUT2D eigenvalue weighted by Crippen LogP contribution is -2.40. The molecule has 2 heterocycles. The van der Waals surface area contributed by atoms with Gasteiger partial charge in [-0.2, -0.15) is 5.10 Å². The Balaban J connectivity index is 1.83. The Labute approximate surface area is 169 Å². The van der Waals surface area contributed by atoms with Crippen molar-refractivity contribution in [2.24, 2.45) is 7.05 Å². The monoisotopic (exact) mass is 404 g/mol. The standard InChI is InChI=1S/C20H25ClN4O3/c1-12-10-13(21)6-7-15(12)22-18(26)17-14-11-25(19(27)28-20(2,3)4)9-8-16(14)23-24(17)5/h6-7,10H,8-9,11H2,1-5H3,(H,22,26). The molecule has 7 nitrogen and oxygen atoms in total. The van der Waals surface area contributed by atoms with E-state index in [0.29, 0.717) is 35.9 Å². The maximum atomic E-state index is 13.0. The molecule has 28 heavy (non-hydrogen) atoms. The number of ether oxygens (including phenoxy) is 1. The maximum absolute atomic E-state index is 13.0. The number of aromatic nitrogens is 2. The fraction of sp³-hybridized carbons (Fsp3) is 0.450. The van der Waals surface area contributed by atoms with Crippen molar-refractivity contribution >= 4 is 29.3 Å². The topological polar surface area (TPSA) is 76.5 Å². The number of amides is 2. The van der Waals surface area contributed by atoms with Gasteiger partial charge < -0.3 is 15.0 Å². The first-order chi connectivity index (χ1) is 13.0. The van der Waals surface area contributed by atoms with Gasteiger partial charge in [0.15, 0.2) is 0 Å². The lowest BCUT2D eigenvalue weighted by atomic mass is 10.0. The minimum Gasteiger partial charge on any atom is -0.444 e. The average molecular weight is 405 g/mol. The summed E-state index contributed by atoms with van der Waals surface area (Å²) < 4.78 is 7.04. The minimum absolute atomic E-state index is 0.271. The summed E-state index contributed by atoms with van der Waals surface area (Å²) in [6.07, 6.45) is 0.192. The number of hydrogen-bond acceptors (Lipinski definition) is 4. The highest BCUT2D eigenvalue weighted by Gasteiger charge is 2.31. The molecule has 0 spiro atoms. The van der Waals surface area contributed by atoms with Crippen LogP contribution in [0.3, 0.4) is 0 Å². The van der Waals surface area contributed by atoms with Gasteiger partial charge in [-0.15, -0.1) is 0 Å². The summed E-state index contributed by atoms with van der Waals surface area (Å²) in [6.45, 7) is 8.17. The molecule has 0 atom stereocenters. The second-order valence-electron chi connectivity index (χ2n) is 7.96. The highest BCUT2D eigenvalue weighted by molar-refractivity contribution is 6.30. The third-order valence-corrected chi connectivity index (χ3v) is 4.73. The normalized spacial score (nSPS) is 13.9. The van der Waals surface area contributed by atoms with Crippen LogP contribution in [0.4, 0.5) is 10.5 Å². The van der Waals surface area contributed by atoms with Crippen LogP contribution in [0.15, 0.2) is 18.2 Å². The smallest absolute Gasteiger partial charge is 0.410 e. The summed E-state index contributed by atoms with van der Waals surface area (Å²) in [7, 11) is 1.74. The van der Waals surface area contributed by atoms with E-state index in [4.69, 9.17) is 16.3 Å². The molecule has 0 radical (unpaired) electrons. The summed E-state index contributed by atoms with van der Waals surface area (Å²) in [5, 5.41) is 8.01. The van der Waals surface area contributed by atoms with Crippen molar-refractivity contribution in [2.45, 2.75) is 46.3 Å². The number of halogens is 1. The molecule has 1 aromatic heterocycles. The molecule has 3 rings (SSSR count). The molecule has 2 amide bonds. The van der Waals surface area contributed by atoms with E-state index in [9.17, 15) is 9.59 Å². The maximum Gasteiger partial charge on any atom is 0.410 e. The zero-order valence-corrected chi connectivity index (χ0v) is 17.6. The fourth-order valence-electron chi connectivity index (χ4n) is 3.22. The second-order valence-corrected chi connectivity index (χ2v) is 8.40. The SMILES string of the molecule is Cc1cc(Cl)ccc1NC(=O)c1c2c(nn1C)CCN(C(=O)OC(C)(C)C)C2. The van der Waals surface area contributed by atoms with Crippen molar-refractivity contribution in [3.05, 3.63) is 45.7 Å². The van der Waals surface area contributed by atoms with Gasteiger partial charge in [0.25, 0.3) is 5.91 Å². The van der Waals surface area contributed by atoms with Crippen molar-refractivity contribution in [1.82, 2.24) is 14.7 Å². The number of fused-ring (bicyclic) bond motifs is 1. The highest BCUT2D eigenvalue weighted by Crippen LogP contribution is 2.25. The molecular weight excluding hydrogens is 380 g/mol. The number of hydrogen-bond donors (Lipinski definition) is 1. The van der Waals surface area contributed by atoms with Gasteiger partial charge in [0.2, 0.25) is 0 Å². The van der Waals surface area contributed by atoms with Crippen LogP contribution in [0.2, 0.25) is 5.02 Å². The van der Waals surface area contributed by atoms with Crippen LogP contribution < -0.4 is 5.32 Å². The van der Waals surface area contributed by atoms with Crippen molar-refractivity contribution in [3.8, 4) is 0 Å². The third kappa shape index (κ3) is 4.30. The first-order valence-electron chi connectivity index (χ1n) is 9.15. The predicted molar refractivity (Wildman–Crippen MR) is 108 cm³/mol. The Bertz CT molecular complexity index is 930. The van der Waals surface area contributed by atoms with E-state index >= 15 is 0 Å². The molecule has 1 aromatic carbocycles. The van der Waals surface area contributed by atoms with Gasteiger partial charge in [-0.25, -0.2) is 4.79 Å². The Morgan fingerprint density at radius 1 is 1.29 bits per heavy atom. The van der Waals surface area contributed by atoms with Crippen molar-refractivity contribution in [2.75, 3.05) is 11.9 Å². The highest BCUT2D eigenvalue weighted by atomic mass is 35.5. The molecule has 2 aromatic rings. The van der Waals surface area contributed by atoms with Crippen LogP contribution in [0.1, 0.15) is 48.1 Å². The molecule has 8 heteroatoms. The van der Waals surface area contributed by atoms with Crippen LogP contribution in [-0.4, -0.2) is 38.8 Å². The summed E-state index contributed by atoms with van der Waals surface area (Å²) >= 11 is 5.99. The van der Waals surface area contributed by atoms with Crippen LogP contribution in [0.5, 0.6) is 0 Å². The number of nitrogens with zero attached hydrogens (tertiary/aromatic N) is 3. The molecule has 0 saturated carbocycles. The summed E-state index contributed by atoms with van der Waals surface area (Å²) in [5.41, 5.74) is 3.01. The van der Waals surface area contributed by atoms with Gasteiger partial charge in [0, 0.05) is 36.3 Å². The first kappa shape index (κ1) is 20.2. The molecular formula is C20H25ClN4O3. The third-order valence-electron chi connectivity index (χ3n) is 4.50. The Morgan fingerprint density at radius 3 is 2.64 bits per heavy atom. The van der Waals surface area contributed by atoms with Crippen molar-refractivity contribution in [1.29, 1.82) is 0 Å². The molecule has 0 fully saturated rings. The van der Waals surface area contributed by atoms with E-state index in [1.165, 1.54) is 0 Å². The number of carbonyl (C=O) groups excluding carboxylic acids is 2. The van der Waals surface area contributed by atoms with Crippen LogP contribution in [0.25, 0.3) is 0 Å². The molecule has 0 aliphatic carbocycles. The van der Waals surface area contributed by atoms with Crippen LogP contribution >= 0.6 is 11.6 Å². The van der Waals surface area contributed by atoms with Crippen molar-refractivity contribution < 1.29 is 14.3 Å². The zero-order valence-electron chi connectivity index (χ0n) is 16.8. The van der Waals surface area contributed by atoms with Gasteiger partial charge in [0.05, 0.1) is 12.2 Å². The zero-order chi connectivity index (χ0) is 20.6. The molecule has 0 saturated heterocycles. The predicted octanol–water partition coefficient (Wildman–Crippen LogP) is 3.93. The van der Waals surface area contributed by atoms with Gasteiger partial charge in [-0.05, 0) is 51.5 Å². The van der Waals surface area contributed by atoms with Gasteiger partial charge in [-0.3, -0.25) is 9.48 Å². The number of anilines is 1. The van der Waals surface area contributed by atoms with E-state index in [1.807, 2.05) is 27.7 Å². The first-order valence-corrected chi connectivity index (χ1v) is 9.53. The fourth-order valence-corrected chi connectivity index (χ4v) is 3.44. The molecule has 150 valence electrons. The lowest BCUT2D eigenvalue weighted by Gasteiger charge is -2.29. The second kappa shape index (κ2) is 7.47. The largest absolute Gasteiger partial charge is 0.444 e. The summed E-state index contributed by atoms with van der Waals surface area (Å²) in [4.78, 5) is 27.0. The lowest BCUT2D eigenvalue weighted by molar-refractivity contribution is 0.0222. The van der Waals surface area contributed by atoms with Crippen molar-refractivity contribution in [3.63, 3.8) is 0 Å². The molecule has 1 N–H and O–H groups in total. The average Bonchev–Trinajstić information content (AvgIpc) is 2.90. The number of benzene rings is 1. The van der Waals surface area contributed by atoms with E-state index in [1.54, 1.807) is 34.8 Å². The molecule has 1 aliphatic rings. The number of rotatable bonds is 2. The van der Waals surface area contributed by atoms with Crippen LogP contribution in [-0.2, 0) is 24.8 Å². The number of aryl methyl sites for hydroxylation is 2. The Morgan fingerprint density at radius 2 is 2.00 bits per heavy atom. The van der Waals surface area contributed by atoms with E-state index in [0.717, 1.165) is 16.8 Å². The van der Waals surface area contributed by atoms with E-state index in [2.05, 4.69) is 10.4 Å². The Kier molecular flexibility index (Phi) is 5.39. The molecule has 0 unspecified atom stereocenters. The van der Waals surface area contributed by atoms with E-state index in [-0.39, 0.29) is 12.0 Å². The summed E-state index contributed by atoms with van der Waals surface area (Å²) in [6, 6.07) is 5.29. The molecule has 0 bridgehead atoms.